The van der Waals surface area contributed by atoms with E-state index in [2.05, 4.69) is 0 Å². The molecular weight excluding hydrogens is 378 g/mol. The Hall–Kier alpha value is -3.04. The van der Waals surface area contributed by atoms with Crippen molar-refractivity contribution in [2.45, 2.75) is 38.6 Å². The summed E-state index contributed by atoms with van der Waals surface area (Å²) < 4.78 is 40.2. The van der Waals surface area contributed by atoms with Crippen molar-refractivity contribution in [3.63, 3.8) is 0 Å². The molecule has 0 unspecified atom stereocenters. The number of methoxy groups -OCH3 is 1. The van der Waals surface area contributed by atoms with Crippen LogP contribution in [0.3, 0.4) is 0 Å². The van der Waals surface area contributed by atoms with Gasteiger partial charge in [-0.25, -0.2) is 4.79 Å². The number of nitrogens with zero attached hydrogens (tertiary/aromatic N) is 2. The van der Waals surface area contributed by atoms with Crippen LogP contribution < -0.4 is 10.2 Å². The molecule has 28 heavy (non-hydrogen) atoms. The summed E-state index contributed by atoms with van der Waals surface area (Å²) in [6.45, 7) is 1.51. The number of esters is 1. The Morgan fingerprint density at radius 1 is 1.32 bits per heavy atom. The van der Waals surface area contributed by atoms with Gasteiger partial charge in [0.1, 0.15) is 16.5 Å². The van der Waals surface area contributed by atoms with Crippen LogP contribution in [0, 0.1) is 21.7 Å². The highest BCUT2D eigenvalue weighted by molar-refractivity contribution is 5.99. The number of hydrogen-bond acceptors (Lipinski definition) is 6. The van der Waals surface area contributed by atoms with Crippen molar-refractivity contribution < 1.29 is 28.0 Å². The number of rotatable bonds is 5. The normalized spacial score (nSPS) is 14.4. The molecule has 0 amide bonds. The maximum absolute atomic E-state index is 14.5. The summed E-state index contributed by atoms with van der Waals surface area (Å²) in [5.74, 6) is -4.97. The number of carbonyl (C=O) groups is 1. The Labute approximate surface area is 157 Å². The molecule has 3 rings (SSSR count). The predicted octanol–water partition coefficient (Wildman–Crippen LogP) is 3.49. The Kier molecular flexibility index (Phi) is 5.30. The van der Waals surface area contributed by atoms with Crippen LogP contribution in [-0.2, 0) is 4.74 Å². The number of aromatic nitrogens is 1. The highest BCUT2D eigenvalue weighted by Crippen LogP contribution is 2.40. The van der Waals surface area contributed by atoms with Gasteiger partial charge in [-0.1, -0.05) is 12.8 Å². The van der Waals surface area contributed by atoms with E-state index in [0.29, 0.717) is 12.8 Å². The summed E-state index contributed by atoms with van der Waals surface area (Å²) in [5, 5.41) is 10.8. The number of carbonyl (C=O) groups excluding carboxylic acids is 1. The first-order valence-electron chi connectivity index (χ1n) is 8.78. The summed E-state index contributed by atoms with van der Waals surface area (Å²) >= 11 is 0. The summed E-state index contributed by atoms with van der Waals surface area (Å²) in [6.07, 6.45) is 4.19. The Morgan fingerprint density at radius 3 is 2.50 bits per heavy atom. The molecule has 1 aromatic heterocycles. The Morgan fingerprint density at radius 2 is 1.96 bits per heavy atom. The van der Waals surface area contributed by atoms with Crippen LogP contribution in [0.2, 0.25) is 0 Å². The minimum Gasteiger partial charge on any atom is -0.491 e. The summed E-state index contributed by atoms with van der Waals surface area (Å²) in [5.41, 5.74) is -3.14. The number of benzene rings is 1. The second kappa shape index (κ2) is 7.53. The fourth-order valence-electron chi connectivity index (χ4n) is 3.68. The third-order valence-corrected chi connectivity index (χ3v) is 4.89. The molecule has 1 heterocycles. The van der Waals surface area contributed by atoms with Gasteiger partial charge in [0.2, 0.25) is 17.1 Å². The maximum atomic E-state index is 14.5. The van der Waals surface area contributed by atoms with Crippen LogP contribution >= 0.6 is 0 Å². The highest BCUT2D eigenvalue weighted by Gasteiger charge is 2.35. The van der Waals surface area contributed by atoms with Crippen LogP contribution in [0.4, 0.5) is 14.5 Å². The third-order valence-electron chi connectivity index (χ3n) is 4.89. The van der Waals surface area contributed by atoms with E-state index in [1.807, 2.05) is 0 Å². The van der Waals surface area contributed by atoms with Gasteiger partial charge in [-0.3, -0.25) is 14.9 Å². The van der Waals surface area contributed by atoms with E-state index in [1.165, 1.54) is 17.7 Å². The monoisotopic (exact) mass is 396 g/mol. The van der Waals surface area contributed by atoms with Crippen LogP contribution in [0.5, 0.6) is 5.75 Å². The molecule has 10 heteroatoms. The molecule has 1 saturated carbocycles. The van der Waals surface area contributed by atoms with E-state index in [0.717, 1.165) is 20.0 Å². The minimum atomic E-state index is -1.81. The van der Waals surface area contributed by atoms with Crippen molar-refractivity contribution in [3.8, 4) is 5.75 Å². The second-order valence-corrected chi connectivity index (χ2v) is 6.43. The molecule has 1 fully saturated rings. The molecule has 0 N–H and O–H groups in total. The first-order valence-corrected chi connectivity index (χ1v) is 8.78. The predicted molar refractivity (Wildman–Crippen MR) is 94.8 cm³/mol. The summed E-state index contributed by atoms with van der Waals surface area (Å²) in [7, 11) is 1.08. The van der Waals surface area contributed by atoms with Gasteiger partial charge >= 0.3 is 11.7 Å². The van der Waals surface area contributed by atoms with Gasteiger partial charge in [0.05, 0.1) is 18.6 Å². The average molecular weight is 396 g/mol. The molecule has 1 aliphatic carbocycles. The van der Waals surface area contributed by atoms with Gasteiger partial charge in [0.25, 0.3) is 0 Å². The number of nitro benzene ring substituents is 1. The lowest BCUT2D eigenvalue weighted by Crippen LogP contribution is -2.24. The third kappa shape index (κ3) is 2.98. The van der Waals surface area contributed by atoms with Gasteiger partial charge in [-0.05, 0) is 19.8 Å². The van der Waals surface area contributed by atoms with Gasteiger partial charge in [-0.15, -0.1) is 0 Å². The Balaban J connectivity index is 2.55. The summed E-state index contributed by atoms with van der Waals surface area (Å²) in [6, 6.07) is -0.255. The number of fused-ring (bicyclic) bond motifs is 1. The zero-order chi connectivity index (χ0) is 20.6. The number of halogens is 2. The van der Waals surface area contributed by atoms with Gasteiger partial charge in [-0.2, -0.15) is 8.78 Å². The largest absolute Gasteiger partial charge is 0.491 e. The van der Waals surface area contributed by atoms with Gasteiger partial charge in [0.15, 0.2) is 5.75 Å². The number of ether oxygens (including phenoxy) is 2. The van der Waals surface area contributed by atoms with E-state index in [4.69, 9.17) is 9.47 Å². The molecular formula is C18H18F2N2O6. The molecule has 1 aliphatic rings. The van der Waals surface area contributed by atoms with Crippen molar-refractivity contribution in [2.24, 2.45) is 0 Å². The summed E-state index contributed by atoms with van der Waals surface area (Å²) in [4.78, 5) is 35.5. The molecule has 0 aliphatic heterocycles. The lowest BCUT2D eigenvalue weighted by Gasteiger charge is -2.21. The topological polar surface area (TPSA) is 101 Å². The zero-order valence-corrected chi connectivity index (χ0v) is 15.3. The van der Waals surface area contributed by atoms with E-state index >= 15 is 0 Å². The Bertz CT molecular complexity index is 1030. The average Bonchev–Trinajstić information content (AvgIpc) is 3.18. The van der Waals surface area contributed by atoms with E-state index < -0.39 is 50.3 Å². The van der Waals surface area contributed by atoms with E-state index in [-0.39, 0.29) is 18.2 Å². The molecule has 0 bridgehead atoms. The fraction of sp³-hybridized carbons (Fsp3) is 0.444. The zero-order valence-electron chi connectivity index (χ0n) is 15.3. The highest BCUT2D eigenvalue weighted by atomic mass is 19.2. The lowest BCUT2D eigenvalue weighted by atomic mass is 10.1. The van der Waals surface area contributed by atoms with Crippen molar-refractivity contribution in [2.75, 3.05) is 13.7 Å². The van der Waals surface area contributed by atoms with Crippen molar-refractivity contribution in [1.82, 2.24) is 4.57 Å². The maximum Gasteiger partial charge on any atom is 0.343 e. The first kappa shape index (κ1) is 19.7. The molecule has 0 radical (unpaired) electrons. The molecule has 2 aromatic rings. The van der Waals surface area contributed by atoms with Crippen LogP contribution in [0.15, 0.2) is 11.0 Å². The molecule has 0 spiro atoms. The smallest absolute Gasteiger partial charge is 0.343 e. The number of nitro groups is 1. The van der Waals surface area contributed by atoms with Crippen LogP contribution in [-0.4, -0.2) is 29.2 Å². The minimum absolute atomic E-state index is 0.0249. The quantitative estimate of drug-likeness (QED) is 0.436. The second-order valence-electron chi connectivity index (χ2n) is 6.43. The number of hydrogen-bond donors (Lipinski definition) is 0. The van der Waals surface area contributed by atoms with E-state index in [9.17, 15) is 28.5 Å². The van der Waals surface area contributed by atoms with E-state index in [1.54, 1.807) is 0 Å². The van der Waals surface area contributed by atoms with Crippen LogP contribution in [0.1, 0.15) is 49.0 Å². The van der Waals surface area contributed by atoms with Crippen molar-refractivity contribution in [1.29, 1.82) is 0 Å². The molecule has 150 valence electrons. The van der Waals surface area contributed by atoms with Gasteiger partial charge < -0.3 is 14.0 Å². The molecule has 0 saturated heterocycles. The fourth-order valence-corrected chi connectivity index (χ4v) is 3.68. The molecule has 1 aromatic carbocycles. The van der Waals surface area contributed by atoms with Gasteiger partial charge in [0, 0.05) is 12.2 Å². The standard InChI is InChI=1S/C18H18F2N2O6/c1-3-28-18(24)10-8-21(9-6-4-5-7-9)15-11(16(10)23)14(22(25)26)12(19)13(20)17(15)27-2/h8-9H,3-7H2,1-2H3. The van der Waals surface area contributed by atoms with Crippen LogP contribution in [0.25, 0.3) is 10.9 Å². The van der Waals surface area contributed by atoms with Crippen molar-refractivity contribution in [3.05, 3.63) is 43.7 Å². The number of pyridine rings is 1. The molecule has 8 nitrogen and oxygen atoms in total. The van der Waals surface area contributed by atoms with Crippen molar-refractivity contribution >= 4 is 22.6 Å². The SMILES string of the molecule is CCOC(=O)c1cn(C2CCCC2)c2c(OC)c(F)c(F)c([N+](=O)[O-])c2c1=O. The first-order chi connectivity index (χ1) is 13.3. The lowest BCUT2D eigenvalue weighted by molar-refractivity contribution is -0.386. The molecule has 0 atom stereocenters.